The van der Waals surface area contributed by atoms with Gasteiger partial charge in [-0.15, -0.1) is 0 Å². The molecule has 1 rings (SSSR count). The molecular formula is C18H23NO. The Morgan fingerprint density at radius 2 is 2.00 bits per heavy atom. The smallest absolute Gasteiger partial charge is 0.246 e. The molecule has 1 aromatic carbocycles. The summed E-state index contributed by atoms with van der Waals surface area (Å²) in [6.07, 6.45) is 3.53. The number of nitrogens with one attached hydrogen (secondary N) is 1. The van der Waals surface area contributed by atoms with Crippen molar-refractivity contribution in [1.29, 1.82) is 0 Å². The zero-order valence-corrected chi connectivity index (χ0v) is 12.6. The zero-order chi connectivity index (χ0) is 14.8. The van der Waals surface area contributed by atoms with E-state index in [2.05, 4.69) is 31.0 Å². The molecule has 0 bridgehead atoms. The predicted molar refractivity (Wildman–Crippen MR) is 84.2 cm³/mol. The summed E-state index contributed by atoms with van der Waals surface area (Å²) in [7, 11) is 0. The molecule has 0 aliphatic rings. The highest BCUT2D eigenvalue weighted by atomic mass is 16.1. The third-order valence-electron chi connectivity index (χ3n) is 2.76. The van der Waals surface area contributed by atoms with Crippen molar-refractivity contribution in [2.45, 2.75) is 33.6 Å². The van der Waals surface area contributed by atoms with Crippen LogP contribution in [0.15, 0.2) is 42.0 Å². The van der Waals surface area contributed by atoms with E-state index < -0.39 is 0 Å². The van der Waals surface area contributed by atoms with Crippen molar-refractivity contribution >= 4 is 5.91 Å². The fourth-order valence-corrected chi connectivity index (χ4v) is 1.58. The lowest BCUT2D eigenvalue weighted by atomic mass is 10.1. The highest BCUT2D eigenvalue weighted by molar-refractivity contribution is 5.92. The van der Waals surface area contributed by atoms with Crippen LogP contribution in [0.4, 0.5) is 0 Å². The molecule has 0 spiro atoms. The number of benzene rings is 1. The fraction of sp³-hybridized carbons (Fsp3) is 0.389. The van der Waals surface area contributed by atoms with Crippen molar-refractivity contribution < 1.29 is 4.79 Å². The Balaban J connectivity index is 2.34. The molecule has 0 saturated carbocycles. The lowest BCUT2D eigenvalue weighted by Gasteiger charge is -2.07. The maximum absolute atomic E-state index is 11.7. The van der Waals surface area contributed by atoms with Gasteiger partial charge in [0.1, 0.15) is 0 Å². The minimum Gasteiger partial charge on any atom is -0.352 e. The maximum Gasteiger partial charge on any atom is 0.246 e. The summed E-state index contributed by atoms with van der Waals surface area (Å²) >= 11 is 0. The summed E-state index contributed by atoms with van der Waals surface area (Å²) in [5, 5.41) is 2.91. The van der Waals surface area contributed by atoms with E-state index >= 15 is 0 Å². The summed E-state index contributed by atoms with van der Waals surface area (Å²) in [4.78, 5) is 11.7. The molecule has 0 unspecified atom stereocenters. The third-order valence-corrected chi connectivity index (χ3v) is 2.76. The molecule has 1 amide bonds. The third kappa shape index (κ3) is 6.80. The molecule has 0 atom stereocenters. The molecule has 0 saturated heterocycles. The van der Waals surface area contributed by atoms with E-state index in [4.69, 9.17) is 0 Å². The topological polar surface area (TPSA) is 29.1 Å². The first-order valence-corrected chi connectivity index (χ1v) is 7.08. The molecule has 0 aliphatic carbocycles. The van der Waals surface area contributed by atoms with Crippen LogP contribution in [-0.4, -0.2) is 12.5 Å². The van der Waals surface area contributed by atoms with Gasteiger partial charge in [-0.2, -0.15) is 0 Å². The number of unbranched alkanes of at least 4 members (excludes halogenated alkanes) is 1. The largest absolute Gasteiger partial charge is 0.352 e. The van der Waals surface area contributed by atoms with Gasteiger partial charge in [0, 0.05) is 24.1 Å². The Bertz CT molecular complexity index is 503. The minimum atomic E-state index is 0.0229. The van der Waals surface area contributed by atoms with Crippen molar-refractivity contribution in [2.24, 2.45) is 5.92 Å². The number of rotatable bonds is 5. The van der Waals surface area contributed by atoms with E-state index in [1.54, 1.807) is 0 Å². The first-order chi connectivity index (χ1) is 9.59. The zero-order valence-electron chi connectivity index (χ0n) is 12.6. The Morgan fingerprint density at radius 1 is 1.30 bits per heavy atom. The number of allylic oxidation sites excluding steroid dienone is 1. The lowest BCUT2D eigenvalue weighted by Crippen LogP contribution is -2.27. The van der Waals surface area contributed by atoms with E-state index in [1.165, 1.54) is 0 Å². The molecule has 2 heteroatoms. The molecule has 0 fully saturated rings. The molecule has 0 heterocycles. The van der Waals surface area contributed by atoms with Crippen LogP contribution in [-0.2, 0) is 4.79 Å². The van der Waals surface area contributed by atoms with Gasteiger partial charge in [-0.3, -0.25) is 4.79 Å². The molecule has 1 N–H and O–H groups in total. The second-order valence-corrected chi connectivity index (χ2v) is 5.20. The molecular weight excluding hydrogens is 246 g/mol. The lowest BCUT2D eigenvalue weighted by molar-refractivity contribution is -0.117. The number of carbonyl (C=O) groups is 1. The van der Waals surface area contributed by atoms with E-state index in [-0.39, 0.29) is 5.91 Å². The Hall–Kier alpha value is -2.01. The van der Waals surface area contributed by atoms with Gasteiger partial charge in [-0.1, -0.05) is 50.0 Å². The summed E-state index contributed by atoms with van der Waals surface area (Å²) in [6, 6.07) is 9.92. The van der Waals surface area contributed by atoms with Gasteiger partial charge in [-0.05, 0) is 31.4 Å². The van der Waals surface area contributed by atoms with Gasteiger partial charge in [-0.25, -0.2) is 0 Å². The van der Waals surface area contributed by atoms with Gasteiger partial charge in [0.05, 0.1) is 0 Å². The Morgan fingerprint density at radius 3 is 2.65 bits per heavy atom. The number of carbonyl (C=O) groups excluding carboxylic acids is 1. The van der Waals surface area contributed by atoms with Crippen LogP contribution in [0.1, 0.15) is 39.2 Å². The number of hydrogen-bond acceptors (Lipinski definition) is 1. The SMILES string of the molecule is C/C(=C\CCC#Cc1ccccc1)C(=O)NCC(C)C. The number of hydrogen-bond donors (Lipinski definition) is 1. The van der Waals surface area contributed by atoms with Crippen LogP contribution in [0.3, 0.4) is 0 Å². The summed E-state index contributed by atoms with van der Waals surface area (Å²) in [5.41, 5.74) is 1.80. The Labute approximate surface area is 122 Å². The molecule has 0 aromatic heterocycles. The average Bonchev–Trinajstić information content (AvgIpc) is 2.45. The van der Waals surface area contributed by atoms with Gasteiger partial charge < -0.3 is 5.32 Å². The van der Waals surface area contributed by atoms with E-state index in [0.717, 1.165) is 30.5 Å². The highest BCUT2D eigenvalue weighted by Crippen LogP contribution is 2.00. The second kappa shape index (κ2) is 8.98. The van der Waals surface area contributed by atoms with Gasteiger partial charge in [0.25, 0.3) is 0 Å². The summed E-state index contributed by atoms with van der Waals surface area (Å²) < 4.78 is 0. The van der Waals surface area contributed by atoms with Crippen LogP contribution < -0.4 is 5.32 Å². The second-order valence-electron chi connectivity index (χ2n) is 5.20. The summed E-state index contributed by atoms with van der Waals surface area (Å²) in [6.45, 7) is 6.73. The minimum absolute atomic E-state index is 0.0229. The first kappa shape index (κ1) is 16.0. The first-order valence-electron chi connectivity index (χ1n) is 7.08. The van der Waals surface area contributed by atoms with E-state index in [0.29, 0.717) is 5.92 Å². The van der Waals surface area contributed by atoms with E-state index in [9.17, 15) is 4.79 Å². The number of amides is 1. The fourth-order valence-electron chi connectivity index (χ4n) is 1.58. The molecule has 0 radical (unpaired) electrons. The van der Waals surface area contributed by atoms with E-state index in [1.807, 2.05) is 43.3 Å². The molecule has 0 aliphatic heterocycles. The van der Waals surface area contributed by atoms with Gasteiger partial charge in [0.15, 0.2) is 0 Å². The maximum atomic E-state index is 11.7. The Kier molecular flexibility index (Phi) is 7.21. The van der Waals surface area contributed by atoms with Crippen molar-refractivity contribution in [2.75, 3.05) is 6.54 Å². The predicted octanol–water partition coefficient (Wildman–Crippen LogP) is 3.54. The van der Waals surface area contributed by atoms with Crippen molar-refractivity contribution in [1.82, 2.24) is 5.32 Å². The summed E-state index contributed by atoms with van der Waals surface area (Å²) in [5.74, 6) is 6.73. The molecule has 2 nitrogen and oxygen atoms in total. The monoisotopic (exact) mass is 269 g/mol. The quantitative estimate of drug-likeness (QED) is 0.494. The van der Waals surface area contributed by atoms with Crippen LogP contribution in [0.2, 0.25) is 0 Å². The van der Waals surface area contributed by atoms with Crippen LogP contribution in [0.25, 0.3) is 0 Å². The van der Waals surface area contributed by atoms with Crippen LogP contribution >= 0.6 is 0 Å². The van der Waals surface area contributed by atoms with Gasteiger partial charge >= 0.3 is 0 Å². The molecule has 20 heavy (non-hydrogen) atoms. The average molecular weight is 269 g/mol. The standard InChI is InChI=1S/C18H23NO/c1-15(2)14-19-18(20)16(3)10-6-4-7-11-17-12-8-5-9-13-17/h5,8-10,12-13,15H,4,6,14H2,1-3H3,(H,19,20)/b16-10+. The normalized spacial score (nSPS) is 10.9. The van der Waals surface area contributed by atoms with Gasteiger partial charge in [0.2, 0.25) is 5.91 Å². The van der Waals surface area contributed by atoms with Crippen molar-refractivity contribution in [3.8, 4) is 11.8 Å². The van der Waals surface area contributed by atoms with Crippen molar-refractivity contribution in [3.63, 3.8) is 0 Å². The van der Waals surface area contributed by atoms with Crippen LogP contribution in [0, 0.1) is 17.8 Å². The molecule has 1 aromatic rings. The highest BCUT2D eigenvalue weighted by Gasteiger charge is 2.03. The van der Waals surface area contributed by atoms with Crippen LogP contribution in [0.5, 0.6) is 0 Å². The molecule has 106 valence electrons. The van der Waals surface area contributed by atoms with Crippen molar-refractivity contribution in [3.05, 3.63) is 47.5 Å².